The lowest BCUT2D eigenvalue weighted by molar-refractivity contribution is -0.384. The molecule has 0 aliphatic rings. The first-order chi connectivity index (χ1) is 8.99. The first-order valence-electron chi connectivity index (χ1n) is 6.51. The number of carbonyl (C=O) groups excluding carboxylic acids is 1. The van der Waals surface area contributed by atoms with Crippen LogP contribution in [0.2, 0.25) is 0 Å². The van der Waals surface area contributed by atoms with E-state index in [0.717, 1.165) is 13.0 Å². The standard InChI is InChI=1S/C14H20N2O3/c1-4-11(3)15(5-2)10-14(17)12-7-6-8-13(9-12)16(18)19/h6-9,11H,4-5,10H2,1-3H3. The minimum absolute atomic E-state index is 0.0440. The summed E-state index contributed by atoms with van der Waals surface area (Å²) in [7, 11) is 0. The Morgan fingerprint density at radius 3 is 2.63 bits per heavy atom. The van der Waals surface area contributed by atoms with E-state index in [-0.39, 0.29) is 11.5 Å². The molecule has 0 N–H and O–H groups in total. The number of nitrogens with zero attached hydrogens (tertiary/aromatic N) is 2. The van der Waals surface area contributed by atoms with E-state index >= 15 is 0 Å². The second-order valence-electron chi connectivity index (χ2n) is 4.55. The van der Waals surface area contributed by atoms with E-state index < -0.39 is 4.92 Å². The number of non-ortho nitro benzene ring substituents is 1. The molecule has 1 rings (SSSR count). The van der Waals surface area contributed by atoms with Gasteiger partial charge in [0.2, 0.25) is 0 Å². The lowest BCUT2D eigenvalue weighted by Gasteiger charge is -2.25. The predicted octanol–water partition coefficient (Wildman–Crippen LogP) is 2.90. The normalized spacial score (nSPS) is 12.4. The van der Waals surface area contributed by atoms with E-state index in [4.69, 9.17) is 0 Å². The third kappa shape index (κ3) is 4.13. The Bertz CT molecular complexity index is 460. The summed E-state index contributed by atoms with van der Waals surface area (Å²) in [5, 5.41) is 10.7. The van der Waals surface area contributed by atoms with Crippen LogP contribution in [0.25, 0.3) is 0 Å². The highest BCUT2D eigenvalue weighted by atomic mass is 16.6. The van der Waals surface area contributed by atoms with Gasteiger partial charge in [-0.2, -0.15) is 0 Å². The van der Waals surface area contributed by atoms with Crippen LogP contribution >= 0.6 is 0 Å². The maximum absolute atomic E-state index is 12.1. The molecule has 104 valence electrons. The van der Waals surface area contributed by atoms with Crippen LogP contribution in [0.5, 0.6) is 0 Å². The molecule has 0 spiro atoms. The Kier molecular flexibility index (Phi) is 5.63. The average Bonchev–Trinajstić information content (AvgIpc) is 2.43. The van der Waals surface area contributed by atoms with Gasteiger partial charge in [0.25, 0.3) is 5.69 Å². The number of hydrogen-bond donors (Lipinski definition) is 0. The van der Waals surface area contributed by atoms with Gasteiger partial charge in [-0.3, -0.25) is 19.8 Å². The highest BCUT2D eigenvalue weighted by Gasteiger charge is 2.17. The van der Waals surface area contributed by atoms with Crippen molar-refractivity contribution in [2.45, 2.75) is 33.2 Å². The van der Waals surface area contributed by atoms with Crippen molar-refractivity contribution in [2.24, 2.45) is 0 Å². The fourth-order valence-electron chi connectivity index (χ4n) is 1.91. The summed E-state index contributed by atoms with van der Waals surface area (Å²) in [5.41, 5.74) is 0.355. The number of likely N-dealkylation sites (N-methyl/N-ethyl adjacent to an activating group) is 1. The third-order valence-electron chi connectivity index (χ3n) is 3.35. The highest BCUT2D eigenvalue weighted by Crippen LogP contribution is 2.14. The minimum atomic E-state index is -0.483. The van der Waals surface area contributed by atoms with E-state index in [0.29, 0.717) is 18.2 Å². The number of Topliss-reactive ketones (excluding diaryl/α,β-unsaturated/α-hetero) is 1. The van der Waals surface area contributed by atoms with Crippen molar-refractivity contribution in [3.8, 4) is 0 Å². The summed E-state index contributed by atoms with van der Waals surface area (Å²) < 4.78 is 0. The summed E-state index contributed by atoms with van der Waals surface area (Å²) in [6, 6.07) is 6.23. The predicted molar refractivity (Wildman–Crippen MR) is 74.4 cm³/mol. The van der Waals surface area contributed by atoms with E-state index in [1.54, 1.807) is 12.1 Å². The minimum Gasteiger partial charge on any atom is -0.293 e. The van der Waals surface area contributed by atoms with Crippen LogP contribution < -0.4 is 0 Å². The number of benzene rings is 1. The second kappa shape index (κ2) is 6.99. The molecule has 0 saturated carbocycles. The molecule has 1 aromatic rings. The lowest BCUT2D eigenvalue weighted by Crippen LogP contribution is -2.36. The molecule has 1 atom stereocenters. The topological polar surface area (TPSA) is 63.5 Å². The van der Waals surface area contributed by atoms with Crippen LogP contribution in [-0.4, -0.2) is 34.7 Å². The molecule has 5 heteroatoms. The number of hydrogen-bond acceptors (Lipinski definition) is 4. The van der Waals surface area contributed by atoms with Gasteiger partial charge in [0.1, 0.15) is 0 Å². The van der Waals surface area contributed by atoms with Gasteiger partial charge in [-0.1, -0.05) is 26.0 Å². The van der Waals surface area contributed by atoms with E-state index in [1.165, 1.54) is 12.1 Å². The molecule has 0 bridgehead atoms. The van der Waals surface area contributed by atoms with Gasteiger partial charge in [0.15, 0.2) is 5.78 Å². The molecule has 5 nitrogen and oxygen atoms in total. The fraction of sp³-hybridized carbons (Fsp3) is 0.500. The number of nitro benzene ring substituents is 1. The molecular formula is C14H20N2O3. The quantitative estimate of drug-likeness (QED) is 0.431. The highest BCUT2D eigenvalue weighted by molar-refractivity contribution is 5.98. The summed E-state index contributed by atoms with van der Waals surface area (Å²) >= 11 is 0. The Labute approximate surface area is 113 Å². The third-order valence-corrected chi connectivity index (χ3v) is 3.35. The van der Waals surface area contributed by atoms with Crippen LogP contribution in [0.3, 0.4) is 0 Å². The number of carbonyl (C=O) groups is 1. The van der Waals surface area contributed by atoms with E-state index in [1.807, 2.05) is 6.92 Å². The summed E-state index contributed by atoms with van der Waals surface area (Å²) in [4.78, 5) is 24.4. The molecule has 0 aliphatic heterocycles. The van der Waals surface area contributed by atoms with Crippen LogP contribution in [0.15, 0.2) is 24.3 Å². The van der Waals surface area contributed by atoms with Gasteiger partial charge >= 0.3 is 0 Å². The van der Waals surface area contributed by atoms with Crippen molar-refractivity contribution in [1.82, 2.24) is 4.90 Å². The SMILES string of the molecule is CCC(C)N(CC)CC(=O)c1cccc([N+](=O)[O-])c1. The first-order valence-corrected chi connectivity index (χ1v) is 6.51. The summed E-state index contributed by atoms with van der Waals surface area (Å²) in [6.45, 7) is 7.24. The van der Waals surface area contributed by atoms with Crippen molar-refractivity contribution >= 4 is 11.5 Å². The van der Waals surface area contributed by atoms with Gasteiger partial charge in [0.05, 0.1) is 11.5 Å². The molecule has 0 radical (unpaired) electrons. The van der Waals surface area contributed by atoms with Crippen LogP contribution in [-0.2, 0) is 0 Å². The first kappa shape index (κ1) is 15.3. The molecule has 1 unspecified atom stereocenters. The molecule has 19 heavy (non-hydrogen) atoms. The van der Waals surface area contributed by atoms with Gasteiger partial charge in [-0.05, 0) is 19.9 Å². The Balaban J connectivity index is 2.82. The lowest BCUT2D eigenvalue weighted by atomic mass is 10.1. The fourth-order valence-corrected chi connectivity index (χ4v) is 1.91. The van der Waals surface area contributed by atoms with Gasteiger partial charge in [-0.15, -0.1) is 0 Å². The van der Waals surface area contributed by atoms with Crippen LogP contribution in [0, 0.1) is 10.1 Å². The Morgan fingerprint density at radius 2 is 2.11 bits per heavy atom. The molecule has 0 aliphatic carbocycles. The summed E-state index contributed by atoms with van der Waals surface area (Å²) in [6.07, 6.45) is 0.968. The molecule has 0 aromatic heterocycles. The summed E-state index contributed by atoms with van der Waals surface area (Å²) in [5.74, 6) is -0.0779. The maximum atomic E-state index is 12.1. The number of nitro groups is 1. The largest absolute Gasteiger partial charge is 0.293 e. The van der Waals surface area contributed by atoms with Gasteiger partial charge < -0.3 is 0 Å². The molecule has 0 fully saturated rings. The van der Waals surface area contributed by atoms with Crippen molar-refractivity contribution in [3.63, 3.8) is 0 Å². The molecular weight excluding hydrogens is 244 g/mol. The van der Waals surface area contributed by atoms with Crippen molar-refractivity contribution in [1.29, 1.82) is 0 Å². The zero-order valence-electron chi connectivity index (χ0n) is 11.6. The van der Waals surface area contributed by atoms with Crippen LogP contribution in [0.4, 0.5) is 5.69 Å². The van der Waals surface area contributed by atoms with E-state index in [9.17, 15) is 14.9 Å². The van der Waals surface area contributed by atoms with Gasteiger partial charge in [-0.25, -0.2) is 0 Å². The maximum Gasteiger partial charge on any atom is 0.270 e. The second-order valence-corrected chi connectivity index (χ2v) is 4.55. The Morgan fingerprint density at radius 1 is 1.42 bits per heavy atom. The van der Waals surface area contributed by atoms with Crippen molar-refractivity contribution < 1.29 is 9.72 Å². The number of rotatable bonds is 7. The molecule has 0 heterocycles. The smallest absolute Gasteiger partial charge is 0.270 e. The molecule has 0 saturated heterocycles. The number of ketones is 1. The Hall–Kier alpha value is -1.75. The average molecular weight is 264 g/mol. The van der Waals surface area contributed by atoms with Crippen molar-refractivity contribution in [3.05, 3.63) is 39.9 Å². The molecule has 1 aromatic carbocycles. The van der Waals surface area contributed by atoms with E-state index in [2.05, 4.69) is 18.7 Å². The zero-order valence-corrected chi connectivity index (χ0v) is 11.6. The monoisotopic (exact) mass is 264 g/mol. The van der Waals surface area contributed by atoms with Gasteiger partial charge in [0, 0.05) is 23.7 Å². The van der Waals surface area contributed by atoms with Crippen LogP contribution in [0.1, 0.15) is 37.6 Å². The van der Waals surface area contributed by atoms with Crippen molar-refractivity contribution in [2.75, 3.05) is 13.1 Å². The zero-order chi connectivity index (χ0) is 14.4. The molecule has 0 amide bonds.